The first kappa shape index (κ1) is 15.7. The van der Waals surface area contributed by atoms with E-state index in [0.29, 0.717) is 0 Å². The van der Waals surface area contributed by atoms with Crippen molar-refractivity contribution in [2.24, 2.45) is 4.99 Å². The highest BCUT2D eigenvalue weighted by Gasteiger charge is 2.10. The highest BCUT2D eigenvalue weighted by Crippen LogP contribution is 2.20. The summed E-state index contributed by atoms with van der Waals surface area (Å²) in [5.74, 6) is -1.32. The monoisotopic (exact) mass is 293 g/mol. The molecule has 1 aromatic rings. The second-order valence-electron chi connectivity index (χ2n) is 3.41. The van der Waals surface area contributed by atoms with Crippen molar-refractivity contribution in [2.45, 2.75) is 0 Å². The van der Waals surface area contributed by atoms with Crippen molar-refractivity contribution in [1.29, 1.82) is 5.26 Å². The van der Waals surface area contributed by atoms with Crippen LogP contribution in [0.4, 0.5) is 10.1 Å². The van der Waals surface area contributed by atoms with E-state index < -0.39 is 11.8 Å². The fourth-order valence-electron chi connectivity index (χ4n) is 1.22. The van der Waals surface area contributed by atoms with Gasteiger partial charge < -0.3 is 4.74 Å². The van der Waals surface area contributed by atoms with Crippen LogP contribution in [0.5, 0.6) is 0 Å². The van der Waals surface area contributed by atoms with Crippen LogP contribution in [-0.2, 0) is 4.74 Å². The summed E-state index contributed by atoms with van der Waals surface area (Å²) >= 11 is 1.17. The number of halogens is 1. The Morgan fingerprint density at radius 2 is 2.45 bits per heavy atom. The van der Waals surface area contributed by atoms with Crippen LogP contribution >= 0.6 is 11.8 Å². The zero-order valence-corrected chi connectivity index (χ0v) is 11.5. The van der Waals surface area contributed by atoms with Crippen molar-refractivity contribution in [2.75, 3.05) is 12.9 Å². The van der Waals surface area contributed by atoms with Crippen LogP contribution in [0.2, 0.25) is 0 Å². The Morgan fingerprint density at radius 3 is 3.00 bits per heavy atom. The van der Waals surface area contributed by atoms with Crippen LogP contribution in [0.15, 0.2) is 35.8 Å². The number of carbonyl (C=O) groups is 1. The fraction of sp³-hybridized carbons (Fsp3) is 0.154. The van der Waals surface area contributed by atoms with Crippen LogP contribution in [0, 0.1) is 17.3 Å². The van der Waals surface area contributed by atoms with Gasteiger partial charge in [0.2, 0.25) is 0 Å². The average molecular weight is 293 g/mol. The van der Waals surface area contributed by atoms with Crippen molar-refractivity contribution in [3.63, 3.8) is 0 Å². The van der Waals surface area contributed by atoms with Gasteiger partial charge in [-0.2, -0.15) is 5.26 Å². The van der Waals surface area contributed by atoms with Crippen LogP contribution in [0.25, 0.3) is 0 Å². The van der Waals surface area contributed by atoms with Crippen LogP contribution < -0.4 is 5.32 Å². The van der Waals surface area contributed by atoms with E-state index in [1.807, 2.05) is 0 Å². The number of rotatable bonds is 4. The molecule has 0 heterocycles. The maximum Gasteiger partial charge on any atom is 0.338 e. The SMILES string of the molecule is C=CCOC(=O)c1ccc(N=C(NC#N)SC)c(F)c1. The van der Waals surface area contributed by atoms with Gasteiger partial charge in [0, 0.05) is 0 Å². The summed E-state index contributed by atoms with van der Waals surface area (Å²) in [7, 11) is 0. The van der Waals surface area contributed by atoms with Gasteiger partial charge >= 0.3 is 5.97 Å². The number of nitriles is 1. The van der Waals surface area contributed by atoms with Crippen molar-refractivity contribution < 1.29 is 13.9 Å². The topological polar surface area (TPSA) is 74.5 Å². The molecule has 1 N–H and O–H groups in total. The van der Waals surface area contributed by atoms with E-state index >= 15 is 0 Å². The van der Waals surface area contributed by atoms with Crippen LogP contribution in [0.3, 0.4) is 0 Å². The molecule has 0 aliphatic carbocycles. The number of nitrogens with one attached hydrogen (secondary N) is 1. The normalized spacial score (nSPS) is 10.6. The third-order valence-electron chi connectivity index (χ3n) is 2.09. The molecule has 104 valence electrons. The predicted octanol–water partition coefficient (Wildman–Crippen LogP) is 2.59. The largest absolute Gasteiger partial charge is 0.458 e. The Kier molecular flexibility index (Phi) is 6.26. The molecule has 5 nitrogen and oxygen atoms in total. The lowest BCUT2D eigenvalue weighted by molar-refractivity contribution is 0.0549. The van der Waals surface area contributed by atoms with Gasteiger partial charge in [0.1, 0.15) is 18.1 Å². The number of aliphatic imine (C=N–C) groups is 1. The summed E-state index contributed by atoms with van der Waals surface area (Å²) in [6, 6.07) is 3.78. The van der Waals surface area contributed by atoms with Crippen LogP contribution in [0.1, 0.15) is 10.4 Å². The molecule has 0 atom stereocenters. The number of ether oxygens (including phenoxy) is 1. The zero-order chi connectivity index (χ0) is 15.0. The second kappa shape index (κ2) is 7.96. The molecule has 0 radical (unpaired) electrons. The van der Waals surface area contributed by atoms with Gasteiger partial charge in [-0.15, -0.1) is 0 Å². The van der Waals surface area contributed by atoms with E-state index in [9.17, 15) is 9.18 Å². The van der Waals surface area contributed by atoms with Gasteiger partial charge in [0.25, 0.3) is 0 Å². The van der Waals surface area contributed by atoms with E-state index in [4.69, 9.17) is 10.00 Å². The molecule has 0 aromatic heterocycles. The molecule has 0 spiro atoms. The van der Waals surface area contributed by atoms with Gasteiger partial charge in [0.05, 0.1) is 5.56 Å². The number of benzene rings is 1. The van der Waals surface area contributed by atoms with Gasteiger partial charge in [-0.3, -0.25) is 5.32 Å². The van der Waals surface area contributed by atoms with E-state index in [1.165, 1.54) is 30.0 Å². The Bertz CT molecular complexity index is 581. The lowest BCUT2D eigenvalue weighted by atomic mass is 10.2. The minimum atomic E-state index is -0.677. The number of hydrogen-bond donors (Lipinski definition) is 1. The smallest absolute Gasteiger partial charge is 0.338 e. The molecule has 0 aliphatic rings. The quantitative estimate of drug-likeness (QED) is 0.231. The molecular weight excluding hydrogens is 281 g/mol. The highest BCUT2D eigenvalue weighted by atomic mass is 32.2. The van der Waals surface area contributed by atoms with E-state index in [-0.39, 0.29) is 23.0 Å². The lowest BCUT2D eigenvalue weighted by Gasteiger charge is -2.04. The molecule has 0 amide bonds. The zero-order valence-electron chi connectivity index (χ0n) is 10.7. The number of thioether (sulfide) groups is 1. The first-order valence-electron chi connectivity index (χ1n) is 5.47. The Morgan fingerprint density at radius 1 is 1.70 bits per heavy atom. The minimum absolute atomic E-state index is 0.0253. The Hall–Kier alpha value is -2.33. The fourth-order valence-corrected chi connectivity index (χ4v) is 1.56. The molecule has 7 heteroatoms. The summed E-state index contributed by atoms with van der Waals surface area (Å²) in [5, 5.41) is 11.1. The molecule has 20 heavy (non-hydrogen) atoms. The summed E-state index contributed by atoms with van der Waals surface area (Å²) < 4.78 is 18.6. The minimum Gasteiger partial charge on any atom is -0.458 e. The molecule has 0 saturated carbocycles. The van der Waals surface area contributed by atoms with Crippen molar-refractivity contribution in [3.8, 4) is 6.19 Å². The van der Waals surface area contributed by atoms with Gasteiger partial charge in [-0.05, 0) is 24.5 Å². The van der Waals surface area contributed by atoms with Crippen LogP contribution in [-0.4, -0.2) is 24.0 Å². The van der Waals surface area contributed by atoms with E-state index in [1.54, 1.807) is 12.4 Å². The summed E-state index contributed by atoms with van der Waals surface area (Å²) in [6.07, 6.45) is 4.82. The molecule has 0 saturated heterocycles. The third-order valence-corrected chi connectivity index (χ3v) is 2.67. The number of carbonyl (C=O) groups excluding carboxylic acids is 1. The molecular formula is C13H12FN3O2S. The molecule has 1 rings (SSSR count). The second-order valence-corrected chi connectivity index (χ2v) is 4.21. The maximum atomic E-state index is 13.8. The number of hydrogen-bond acceptors (Lipinski definition) is 5. The molecule has 0 fully saturated rings. The number of esters is 1. The van der Waals surface area contributed by atoms with Crippen molar-refractivity contribution in [1.82, 2.24) is 5.32 Å². The lowest BCUT2D eigenvalue weighted by Crippen LogP contribution is -2.12. The predicted molar refractivity (Wildman–Crippen MR) is 76.2 cm³/mol. The van der Waals surface area contributed by atoms with Gasteiger partial charge in [-0.25, -0.2) is 14.2 Å². The first-order valence-corrected chi connectivity index (χ1v) is 6.70. The molecule has 0 unspecified atom stereocenters. The van der Waals surface area contributed by atoms with Crippen molar-refractivity contribution in [3.05, 3.63) is 42.2 Å². The number of nitrogens with zero attached hydrogens (tertiary/aromatic N) is 2. The standard InChI is InChI=1S/C13H12FN3O2S/c1-3-6-19-12(18)9-4-5-11(10(14)7-9)17-13(20-2)16-8-15/h3-5,7H,1,6H2,2H3,(H,16,17). The molecule has 1 aromatic carbocycles. The van der Waals surface area contributed by atoms with Gasteiger partial charge in [-0.1, -0.05) is 24.4 Å². The summed E-state index contributed by atoms with van der Waals surface area (Å²) in [6.45, 7) is 3.47. The third kappa shape index (κ3) is 4.40. The Labute approximate surface area is 120 Å². The number of amidine groups is 1. The van der Waals surface area contributed by atoms with Gasteiger partial charge in [0.15, 0.2) is 11.4 Å². The molecule has 0 bridgehead atoms. The van der Waals surface area contributed by atoms with E-state index in [0.717, 1.165) is 6.07 Å². The first-order chi connectivity index (χ1) is 9.62. The summed E-state index contributed by atoms with van der Waals surface area (Å²) in [5.41, 5.74) is 0.111. The summed E-state index contributed by atoms with van der Waals surface area (Å²) in [4.78, 5) is 15.4. The van der Waals surface area contributed by atoms with Crippen molar-refractivity contribution >= 4 is 28.6 Å². The Balaban J connectivity index is 2.96. The molecule has 0 aliphatic heterocycles. The average Bonchev–Trinajstić information content (AvgIpc) is 2.45. The maximum absolute atomic E-state index is 13.8. The highest BCUT2D eigenvalue weighted by molar-refractivity contribution is 8.13. The van der Waals surface area contributed by atoms with E-state index in [2.05, 4.69) is 16.9 Å².